The number of halogens is 3. The number of rotatable bonds is 0. The number of hydrogen-bond acceptors (Lipinski definition) is 2. The summed E-state index contributed by atoms with van der Waals surface area (Å²) >= 11 is -3.98. The van der Waals surface area contributed by atoms with Gasteiger partial charge in [0.15, 0.2) is 0 Å². The van der Waals surface area contributed by atoms with Gasteiger partial charge in [-0.3, -0.25) is 0 Å². The van der Waals surface area contributed by atoms with Crippen molar-refractivity contribution in [2.75, 3.05) is 4.93 Å². The quantitative estimate of drug-likeness (QED) is 0.231. The Bertz CT molecular complexity index is 683. The first kappa shape index (κ1) is 23.8. The summed E-state index contributed by atoms with van der Waals surface area (Å²) in [6.45, 7) is 8.16. The maximum atomic E-state index is 13.3. The molecule has 2 nitrogen and oxygen atoms in total. The Morgan fingerprint density at radius 2 is 1.15 bits per heavy atom. The Morgan fingerprint density at radius 1 is 0.731 bits per heavy atom. The van der Waals surface area contributed by atoms with Crippen LogP contribution < -0.4 is 0 Å². The van der Waals surface area contributed by atoms with Gasteiger partial charge in [-0.1, -0.05) is 14.9 Å². The van der Waals surface area contributed by atoms with Gasteiger partial charge in [0.1, 0.15) is 0 Å². The molecule has 0 saturated heterocycles. The second-order valence-electron chi connectivity index (χ2n) is 6.76. The maximum absolute atomic E-state index is 13.3. The van der Waals surface area contributed by atoms with Gasteiger partial charge in [0.25, 0.3) is 0 Å². The Hall–Kier alpha value is -0.250. The third kappa shape index (κ3) is 4.59. The zero-order valence-electron chi connectivity index (χ0n) is 14.6. The molecular weight excluding hydrogens is 557 g/mol. The molecule has 0 N–H and O–H groups in total. The van der Waals surface area contributed by atoms with E-state index in [0.29, 0.717) is 0 Å². The summed E-state index contributed by atoms with van der Waals surface area (Å²) in [7, 11) is 0. The summed E-state index contributed by atoms with van der Waals surface area (Å²) in [5.74, 6) is 0. The SMILES string of the molecule is C.C.CC1(C)OI(F)c2ccccc21.CI1OC(C)(C)c2ccccc21. The molecule has 2 heterocycles. The van der Waals surface area contributed by atoms with Crippen LogP contribution in [0.3, 0.4) is 0 Å². The molecule has 0 spiro atoms. The van der Waals surface area contributed by atoms with E-state index in [1.54, 1.807) is 0 Å². The molecule has 2 aromatic rings. The molecule has 2 aliphatic rings. The van der Waals surface area contributed by atoms with Crippen molar-refractivity contribution in [3.8, 4) is 0 Å². The van der Waals surface area contributed by atoms with E-state index in [1.165, 1.54) is 9.13 Å². The van der Waals surface area contributed by atoms with Crippen LogP contribution in [-0.2, 0) is 17.3 Å². The topological polar surface area (TPSA) is 18.5 Å². The first-order chi connectivity index (χ1) is 11.2. The fourth-order valence-corrected chi connectivity index (χ4v) is 10.6. The van der Waals surface area contributed by atoms with Crippen LogP contribution in [0.5, 0.6) is 0 Å². The van der Waals surface area contributed by atoms with Crippen LogP contribution in [0.2, 0.25) is 0 Å². The fraction of sp³-hybridized carbons (Fsp3) is 0.429. The number of alkyl halides is 1. The van der Waals surface area contributed by atoms with E-state index in [4.69, 9.17) is 6.13 Å². The Morgan fingerprint density at radius 3 is 1.65 bits per heavy atom. The van der Waals surface area contributed by atoms with Gasteiger partial charge in [-0.15, -0.1) is 0 Å². The first-order valence-electron chi connectivity index (χ1n) is 7.77. The summed E-state index contributed by atoms with van der Waals surface area (Å²) in [5.41, 5.74) is 1.99. The van der Waals surface area contributed by atoms with Crippen molar-refractivity contribution in [1.82, 2.24) is 0 Å². The molecule has 0 radical (unpaired) electrons. The van der Waals surface area contributed by atoms with Crippen molar-refractivity contribution in [1.29, 1.82) is 0 Å². The van der Waals surface area contributed by atoms with Crippen molar-refractivity contribution < 1.29 is 8.99 Å². The summed E-state index contributed by atoms with van der Waals surface area (Å²) in [6, 6.07) is 16.2. The average Bonchev–Trinajstić information content (AvgIpc) is 2.91. The number of benzene rings is 2. The molecule has 148 valence electrons. The van der Waals surface area contributed by atoms with Crippen LogP contribution >= 0.6 is 41.0 Å². The Kier molecular flexibility index (Phi) is 8.08. The molecule has 2 aliphatic heterocycles. The van der Waals surface area contributed by atoms with E-state index in [1.807, 2.05) is 38.1 Å². The van der Waals surface area contributed by atoms with Crippen molar-refractivity contribution in [3.05, 3.63) is 66.8 Å². The van der Waals surface area contributed by atoms with Crippen molar-refractivity contribution in [2.24, 2.45) is 0 Å². The van der Waals surface area contributed by atoms with Crippen LogP contribution in [0.25, 0.3) is 0 Å². The van der Waals surface area contributed by atoms with Gasteiger partial charge in [-0.25, -0.2) is 0 Å². The van der Waals surface area contributed by atoms with Crippen LogP contribution in [0.1, 0.15) is 53.7 Å². The number of fused-ring (bicyclic) bond motifs is 2. The average molecular weight is 588 g/mol. The number of hydrogen-bond donors (Lipinski definition) is 0. The molecular formula is C21H31FI2O2. The fourth-order valence-electron chi connectivity index (χ4n) is 2.89. The van der Waals surface area contributed by atoms with Crippen LogP contribution in [0.4, 0.5) is 2.86 Å². The Balaban J connectivity index is 0.000000241. The summed E-state index contributed by atoms with van der Waals surface area (Å²) in [6.07, 6.45) is 0. The second-order valence-corrected chi connectivity index (χ2v) is 13.5. The molecule has 0 unspecified atom stereocenters. The van der Waals surface area contributed by atoms with E-state index in [9.17, 15) is 2.86 Å². The molecule has 0 bridgehead atoms. The molecule has 26 heavy (non-hydrogen) atoms. The molecule has 5 heteroatoms. The molecule has 2 aromatic carbocycles. The summed E-state index contributed by atoms with van der Waals surface area (Å²) in [5, 5.41) is 0. The van der Waals surface area contributed by atoms with E-state index in [-0.39, 0.29) is 20.5 Å². The second kappa shape index (κ2) is 8.84. The van der Waals surface area contributed by atoms with Gasteiger partial charge in [-0.2, -0.15) is 0 Å². The third-order valence-electron chi connectivity index (χ3n) is 4.06. The van der Waals surface area contributed by atoms with Crippen LogP contribution in [0, 0.1) is 7.14 Å². The first-order valence-corrected chi connectivity index (χ1v) is 14.7. The van der Waals surface area contributed by atoms with Gasteiger partial charge >= 0.3 is 161 Å². The van der Waals surface area contributed by atoms with Gasteiger partial charge in [0.2, 0.25) is 0 Å². The zero-order valence-corrected chi connectivity index (χ0v) is 18.9. The Labute approximate surface area is 174 Å². The molecule has 0 fully saturated rings. The minimum absolute atomic E-state index is 0. The van der Waals surface area contributed by atoms with Crippen LogP contribution in [0.15, 0.2) is 48.5 Å². The third-order valence-corrected chi connectivity index (χ3v) is 11.7. The molecule has 0 aromatic heterocycles. The molecule has 0 aliphatic carbocycles. The predicted octanol–water partition coefficient (Wildman–Crippen LogP) is 7.87. The molecule has 0 atom stereocenters. The summed E-state index contributed by atoms with van der Waals surface area (Å²) in [4.78, 5) is 2.26. The van der Waals surface area contributed by atoms with E-state index < -0.39 is 46.6 Å². The molecule has 0 amide bonds. The van der Waals surface area contributed by atoms with Crippen molar-refractivity contribution in [2.45, 2.75) is 53.8 Å². The van der Waals surface area contributed by atoms with E-state index in [2.05, 4.69) is 43.0 Å². The van der Waals surface area contributed by atoms with Crippen molar-refractivity contribution >= 4 is 41.0 Å². The monoisotopic (exact) mass is 588 g/mol. The van der Waals surface area contributed by atoms with E-state index >= 15 is 0 Å². The molecule has 4 rings (SSSR count). The minimum atomic E-state index is -2.74. The standard InChI is InChI=1S/C10H13IO.C9H10FIO.2CH4/c1-10(2)8-6-4-5-7-9(8)11(3)12-10;1-9(2)7-5-3-4-6-8(7)11(10)12-9;;/h4-7H,1-3H3;3-6H,1-2H3;2*1H4. The van der Waals surface area contributed by atoms with Crippen molar-refractivity contribution in [3.63, 3.8) is 0 Å². The van der Waals surface area contributed by atoms with Gasteiger partial charge in [0.05, 0.1) is 0 Å². The van der Waals surface area contributed by atoms with Crippen LogP contribution in [-0.4, -0.2) is 4.93 Å². The zero-order chi connectivity index (χ0) is 17.5. The van der Waals surface area contributed by atoms with Gasteiger partial charge in [-0.05, 0) is 0 Å². The molecule has 0 saturated carbocycles. The summed E-state index contributed by atoms with van der Waals surface area (Å²) < 4.78 is 26.9. The normalized spacial score (nSPS) is 20.7. The van der Waals surface area contributed by atoms with E-state index in [0.717, 1.165) is 9.13 Å². The predicted molar refractivity (Wildman–Crippen MR) is 127 cm³/mol. The van der Waals surface area contributed by atoms with Gasteiger partial charge in [0, 0.05) is 0 Å². The van der Waals surface area contributed by atoms with Gasteiger partial charge < -0.3 is 0 Å².